The lowest BCUT2D eigenvalue weighted by Crippen LogP contribution is -2.16. The fraction of sp³-hybridized carbons (Fsp3) is 0.333. The second-order valence-corrected chi connectivity index (χ2v) is 3.41. The largest absolute Gasteiger partial charge is 0.280 e. The van der Waals surface area contributed by atoms with Crippen LogP contribution >= 0.6 is 11.6 Å². The first-order valence-corrected chi connectivity index (χ1v) is 4.25. The minimum absolute atomic E-state index is 0.277. The summed E-state index contributed by atoms with van der Waals surface area (Å²) in [6, 6.07) is 5.56. The van der Waals surface area contributed by atoms with E-state index < -0.39 is 5.41 Å². The van der Waals surface area contributed by atoms with Gasteiger partial charge >= 0.3 is 0 Å². The Labute approximate surface area is 75.6 Å². The molecule has 1 aliphatic carbocycles. The highest BCUT2D eigenvalue weighted by Crippen LogP contribution is 2.48. The smallest absolute Gasteiger partial charge is 0.233 e. The van der Waals surface area contributed by atoms with Crippen LogP contribution in [0.1, 0.15) is 18.5 Å². The van der Waals surface area contributed by atoms with Gasteiger partial charge in [-0.15, -0.1) is 0 Å². The van der Waals surface area contributed by atoms with Crippen LogP contribution in [0, 0.1) is 0 Å². The second kappa shape index (κ2) is 2.56. The minimum atomic E-state index is -0.442. The molecule has 1 heterocycles. The molecule has 62 valence electrons. The molecule has 2 rings (SSSR count). The van der Waals surface area contributed by atoms with Gasteiger partial charge in [0.2, 0.25) is 5.24 Å². The van der Waals surface area contributed by atoms with Gasteiger partial charge in [-0.3, -0.25) is 9.78 Å². The molecule has 1 aromatic heterocycles. The average Bonchev–Trinajstić information content (AvgIpc) is 2.86. The van der Waals surface area contributed by atoms with Crippen LogP contribution in [-0.4, -0.2) is 10.2 Å². The lowest BCUT2D eigenvalue weighted by Gasteiger charge is -2.07. The number of carbonyl (C=O) groups excluding carboxylic acids is 1. The van der Waals surface area contributed by atoms with E-state index in [9.17, 15) is 4.79 Å². The first-order chi connectivity index (χ1) is 5.76. The predicted molar refractivity (Wildman–Crippen MR) is 46.0 cm³/mol. The van der Waals surface area contributed by atoms with E-state index in [2.05, 4.69) is 4.98 Å². The maximum atomic E-state index is 11.1. The Morgan fingerprint density at radius 3 is 2.67 bits per heavy atom. The molecule has 0 spiro atoms. The van der Waals surface area contributed by atoms with Crippen molar-refractivity contribution in [1.82, 2.24) is 4.98 Å². The first-order valence-electron chi connectivity index (χ1n) is 3.87. The number of halogens is 1. The summed E-state index contributed by atoms with van der Waals surface area (Å²) in [4.78, 5) is 15.2. The summed E-state index contributed by atoms with van der Waals surface area (Å²) in [5.74, 6) is 0. The van der Waals surface area contributed by atoms with Gasteiger partial charge in [0.1, 0.15) is 0 Å². The molecule has 2 nitrogen and oxygen atoms in total. The molecule has 0 amide bonds. The van der Waals surface area contributed by atoms with Crippen molar-refractivity contribution in [3.8, 4) is 0 Å². The van der Waals surface area contributed by atoms with E-state index in [1.165, 1.54) is 0 Å². The van der Waals surface area contributed by atoms with E-state index in [0.29, 0.717) is 0 Å². The highest BCUT2D eigenvalue weighted by Gasteiger charge is 2.51. The summed E-state index contributed by atoms with van der Waals surface area (Å²) in [5.41, 5.74) is 0.369. The van der Waals surface area contributed by atoms with Crippen LogP contribution in [0.25, 0.3) is 0 Å². The Morgan fingerprint density at radius 1 is 1.50 bits per heavy atom. The van der Waals surface area contributed by atoms with Gasteiger partial charge in [-0.2, -0.15) is 0 Å². The Bertz CT molecular complexity index is 306. The number of rotatable bonds is 2. The normalized spacial score (nSPS) is 18.8. The maximum Gasteiger partial charge on any atom is 0.233 e. The van der Waals surface area contributed by atoms with Crippen molar-refractivity contribution in [1.29, 1.82) is 0 Å². The maximum absolute atomic E-state index is 11.1. The van der Waals surface area contributed by atoms with Crippen molar-refractivity contribution < 1.29 is 4.79 Å². The quantitative estimate of drug-likeness (QED) is 0.653. The third-order valence-corrected chi connectivity index (χ3v) is 2.64. The van der Waals surface area contributed by atoms with E-state index in [1.54, 1.807) is 6.20 Å². The van der Waals surface area contributed by atoms with Crippen molar-refractivity contribution in [2.45, 2.75) is 18.3 Å². The minimum Gasteiger partial charge on any atom is -0.280 e. The summed E-state index contributed by atoms with van der Waals surface area (Å²) >= 11 is 5.49. The zero-order valence-corrected chi connectivity index (χ0v) is 7.21. The fourth-order valence-electron chi connectivity index (χ4n) is 1.32. The topological polar surface area (TPSA) is 30.0 Å². The molecular formula is C9H8ClNO. The number of nitrogens with zero attached hydrogens (tertiary/aromatic N) is 1. The van der Waals surface area contributed by atoms with Crippen LogP contribution in [-0.2, 0) is 10.2 Å². The zero-order chi connectivity index (χ0) is 8.60. The number of hydrogen-bond acceptors (Lipinski definition) is 2. The SMILES string of the molecule is O=C(Cl)C1(c2ccccn2)CC1. The molecule has 12 heavy (non-hydrogen) atoms. The summed E-state index contributed by atoms with van der Waals surface area (Å²) in [6.45, 7) is 0. The van der Waals surface area contributed by atoms with Crippen molar-refractivity contribution >= 4 is 16.8 Å². The number of hydrogen-bond donors (Lipinski definition) is 0. The van der Waals surface area contributed by atoms with Crippen molar-refractivity contribution in [2.24, 2.45) is 0 Å². The third-order valence-electron chi connectivity index (χ3n) is 2.28. The van der Waals surface area contributed by atoms with Crippen molar-refractivity contribution in [2.75, 3.05) is 0 Å². The highest BCUT2D eigenvalue weighted by atomic mass is 35.5. The van der Waals surface area contributed by atoms with Gasteiger partial charge in [-0.05, 0) is 36.6 Å². The van der Waals surface area contributed by atoms with Crippen LogP contribution in [0.4, 0.5) is 0 Å². The van der Waals surface area contributed by atoms with Crippen LogP contribution in [0.3, 0.4) is 0 Å². The zero-order valence-electron chi connectivity index (χ0n) is 6.46. The molecule has 0 bridgehead atoms. The van der Waals surface area contributed by atoms with Crippen LogP contribution in [0.15, 0.2) is 24.4 Å². The van der Waals surface area contributed by atoms with Crippen molar-refractivity contribution in [3.05, 3.63) is 30.1 Å². The van der Waals surface area contributed by atoms with Gasteiger partial charge < -0.3 is 0 Å². The molecule has 0 radical (unpaired) electrons. The van der Waals surface area contributed by atoms with Crippen LogP contribution in [0.5, 0.6) is 0 Å². The van der Waals surface area contributed by atoms with Gasteiger partial charge in [0.05, 0.1) is 11.1 Å². The van der Waals surface area contributed by atoms with Gasteiger partial charge in [-0.25, -0.2) is 0 Å². The molecule has 0 saturated heterocycles. The van der Waals surface area contributed by atoms with E-state index >= 15 is 0 Å². The standard InChI is InChI=1S/C9H8ClNO/c10-8(12)9(4-5-9)7-3-1-2-6-11-7/h1-3,6H,4-5H2. The van der Waals surface area contributed by atoms with Gasteiger partial charge in [0.15, 0.2) is 0 Å². The predicted octanol–water partition coefficient (Wildman–Crippen LogP) is 1.88. The molecule has 1 aliphatic rings. The van der Waals surface area contributed by atoms with E-state index in [-0.39, 0.29) is 5.24 Å². The second-order valence-electron chi connectivity index (χ2n) is 3.07. The molecule has 0 unspecified atom stereocenters. The molecule has 3 heteroatoms. The Kier molecular flexibility index (Phi) is 1.65. The van der Waals surface area contributed by atoms with E-state index in [0.717, 1.165) is 18.5 Å². The fourth-order valence-corrected chi connectivity index (χ4v) is 1.61. The Balaban J connectivity index is 2.37. The molecule has 0 aromatic carbocycles. The van der Waals surface area contributed by atoms with Crippen molar-refractivity contribution in [3.63, 3.8) is 0 Å². The number of pyridine rings is 1. The third kappa shape index (κ3) is 1.03. The lowest BCUT2D eigenvalue weighted by atomic mass is 10.0. The summed E-state index contributed by atoms with van der Waals surface area (Å²) < 4.78 is 0. The summed E-state index contributed by atoms with van der Waals surface area (Å²) in [6.07, 6.45) is 3.37. The molecule has 1 saturated carbocycles. The molecule has 1 aromatic rings. The van der Waals surface area contributed by atoms with Gasteiger partial charge in [0, 0.05) is 6.20 Å². The molecule has 0 N–H and O–H groups in total. The molecule has 0 aliphatic heterocycles. The molecule has 1 fully saturated rings. The summed E-state index contributed by atoms with van der Waals surface area (Å²) in [5, 5.41) is -0.277. The van der Waals surface area contributed by atoms with Gasteiger partial charge in [0.25, 0.3) is 0 Å². The van der Waals surface area contributed by atoms with Gasteiger partial charge in [-0.1, -0.05) is 6.07 Å². The van der Waals surface area contributed by atoms with Crippen LogP contribution < -0.4 is 0 Å². The van der Waals surface area contributed by atoms with E-state index in [1.807, 2.05) is 18.2 Å². The Hall–Kier alpha value is -0.890. The number of aromatic nitrogens is 1. The average molecular weight is 182 g/mol. The van der Waals surface area contributed by atoms with E-state index in [4.69, 9.17) is 11.6 Å². The first kappa shape index (κ1) is 7.74. The Morgan fingerprint density at radius 2 is 2.25 bits per heavy atom. The molecular weight excluding hydrogens is 174 g/mol. The highest BCUT2D eigenvalue weighted by molar-refractivity contribution is 6.66. The monoisotopic (exact) mass is 181 g/mol. The summed E-state index contributed by atoms with van der Waals surface area (Å²) in [7, 11) is 0. The van der Waals surface area contributed by atoms with Crippen LogP contribution in [0.2, 0.25) is 0 Å². The lowest BCUT2D eigenvalue weighted by molar-refractivity contribution is -0.113. The number of carbonyl (C=O) groups is 1. The molecule has 0 atom stereocenters.